The molecule has 0 aliphatic heterocycles. The first-order valence-corrected chi connectivity index (χ1v) is 21.6. The molecular formula is C43H74NO7P. The van der Waals surface area contributed by atoms with E-state index in [4.69, 9.17) is 24.3 Å². The van der Waals surface area contributed by atoms with Gasteiger partial charge in [-0.25, -0.2) is 4.57 Å². The molecule has 0 radical (unpaired) electrons. The van der Waals surface area contributed by atoms with Crippen LogP contribution in [0.5, 0.6) is 0 Å². The monoisotopic (exact) mass is 748 g/mol. The average Bonchev–Trinajstić information content (AvgIpc) is 3.13. The Morgan fingerprint density at radius 2 is 1.10 bits per heavy atom. The van der Waals surface area contributed by atoms with Gasteiger partial charge in [0.2, 0.25) is 0 Å². The molecule has 2 unspecified atom stereocenters. The smallest absolute Gasteiger partial charge is 0.472 e. The molecule has 0 saturated carbocycles. The van der Waals surface area contributed by atoms with E-state index in [1.54, 1.807) is 6.26 Å². The van der Waals surface area contributed by atoms with Crippen LogP contribution >= 0.6 is 7.82 Å². The summed E-state index contributed by atoms with van der Waals surface area (Å²) in [5.41, 5.74) is 5.35. The Balaban J connectivity index is 4.28. The molecule has 298 valence electrons. The molecule has 0 aliphatic carbocycles. The third-order valence-electron chi connectivity index (χ3n) is 7.90. The summed E-state index contributed by atoms with van der Waals surface area (Å²) in [6.45, 7) is 4.02. The topological polar surface area (TPSA) is 117 Å². The highest BCUT2D eigenvalue weighted by Crippen LogP contribution is 2.43. The number of unbranched alkanes of at least 4 members (excludes halogenated alkanes) is 12. The van der Waals surface area contributed by atoms with Crippen molar-refractivity contribution in [1.82, 2.24) is 0 Å². The minimum absolute atomic E-state index is 0.00250. The van der Waals surface area contributed by atoms with Gasteiger partial charge in [-0.1, -0.05) is 157 Å². The summed E-state index contributed by atoms with van der Waals surface area (Å²) in [4.78, 5) is 22.4. The predicted molar refractivity (Wildman–Crippen MR) is 219 cm³/mol. The molecule has 52 heavy (non-hydrogen) atoms. The van der Waals surface area contributed by atoms with E-state index in [0.717, 1.165) is 51.4 Å². The number of rotatable bonds is 37. The van der Waals surface area contributed by atoms with Crippen molar-refractivity contribution in [3.05, 3.63) is 85.3 Å². The predicted octanol–water partition coefficient (Wildman–Crippen LogP) is 12.1. The Bertz CT molecular complexity index is 1060. The first-order chi connectivity index (χ1) is 25.4. The van der Waals surface area contributed by atoms with Gasteiger partial charge in [0.15, 0.2) is 6.10 Å². The number of allylic oxidation sites excluding steroid dienone is 13. The normalized spacial score (nSPS) is 14.4. The maximum atomic E-state index is 12.5. The molecule has 0 aromatic heterocycles. The van der Waals surface area contributed by atoms with Crippen LogP contribution in [-0.2, 0) is 27.9 Å². The Labute approximate surface area is 318 Å². The lowest BCUT2D eigenvalue weighted by atomic mass is 10.0. The molecule has 0 spiro atoms. The molecule has 0 heterocycles. The zero-order chi connectivity index (χ0) is 38.1. The highest BCUT2D eigenvalue weighted by Gasteiger charge is 2.25. The van der Waals surface area contributed by atoms with Crippen LogP contribution in [0, 0.1) is 0 Å². The molecule has 0 saturated heterocycles. The number of ether oxygens (including phenoxy) is 2. The second-order valence-corrected chi connectivity index (χ2v) is 14.3. The summed E-state index contributed by atoms with van der Waals surface area (Å²) < 4.78 is 33.0. The van der Waals surface area contributed by atoms with Crippen molar-refractivity contribution < 1.29 is 32.8 Å². The van der Waals surface area contributed by atoms with Gasteiger partial charge in [-0.2, -0.15) is 0 Å². The van der Waals surface area contributed by atoms with E-state index >= 15 is 0 Å². The summed E-state index contributed by atoms with van der Waals surface area (Å²) in [7, 11) is -4.31. The van der Waals surface area contributed by atoms with Crippen LogP contribution in [0.3, 0.4) is 0 Å². The van der Waals surface area contributed by atoms with Gasteiger partial charge < -0.3 is 20.1 Å². The van der Waals surface area contributed by atoms with E-state index in [-0.39, 0.29) is 32.8 Å². The fourth-order valence-electron chi connectivity index (χ4n) is 4.99. The number of carbonyl (C=O) groups excluding carboxylic acids is 1. The number of nitrogens with two attached hydrogens (primary N) is 1. The molecule has 9 heteroatoms. The Hall–Kier alpha value is -2.48. The largest absolute Gasteiger partial charge is 0.498 e. The summed E-state index contributed by atoms with van der Waals surface area (Å²) >= 11 is 0. The van der Waals surface area contributed by atoms with E-state index in [2.05, 4.69) is 74.6 Å². The van der Waals surface area contributed by atoms with Crippen molar-refractivity contribution in [3.8, 4) is 0 Å². The fourth-order valence-corrected chi connectivity index (χ4v) is 5.75. The molecule has 0 aromatic rings. The van der Waals surface area contributed by atoms with Gasteiger partial charge in [0.25, 0.3) is 0 Å². The van der Waals surface area contributed by atoms with Gasteiger partial charge in [0.1, 0.15) is 6.61 Å². The SMILES string of the molecule is CC/C=C/C/C=C\C/C=C\C/C=C\C/C=C\C/C=C\CCC(=O)OC(COC=CCCCCCCCCCCCCCC)COP(=O)(O)OCCN. The van der Waals surface area contributed by atoms with Crippen molar-refractivity contribution in [2.75, 3.05) is 26.4 Å². The van der Waals surface area contributed by atoms with Crippen molar-refractivity contribution in [2.24, 2.45) is 5.73 Å². The number of phosphoric acid groups is 1. The van der Waals surface area contributed by atoms with Gasteiger partial charge >= 0.3 is 13.8 Å². The zero-order valence-corrected chi connectivity index (χ0v) is 33.7. The van der Waals surface area contributed by atoms with E-state index in [1.807, 2.05) is 18.2 Å². The van der Waals surface area contributed by atoms with Crippen molar-refractivity contribution in [3.63, 3.8) is 0 Å². The summed E-state index contributed by atoms with van der Waals surface area (Å²) in [5.74, 6) is -0.437. The lowest BCUT2D eigenvalue weighted by molar-refractivity contribution is -0.153. The third-order valence-corrected chi connectivity index (χ3v) is 8.89. The highest BCUT2D eigenvalue weighted by atomic mass is 31.2. The first-order valence-electron chi connectivity index (χ1n) is 20.1. The van der Waals surface area contributed by atoms with Crippen LogP contribution in [-0.4, -0.2) is 43.3 Å². The third kappa shape index (κ3) is 38.7. The minimum Gasteiger partial charge on any atom is -0.498 e. The number of hydrogen-bond donors (Lipinski definition) is 2. The van der Waals surface area contributed by atoms with Crippen LogP contribution in [0.2, 0.25) is 0 Å². The number of carbonyl (C=O) groups is 1. The first kappa shape index (κ1) is 49.5. The van der Waals surface area contributed by atoms with Crippen molar-refractivity contribution in [2.45, 2.75) is 155 Å². The number of esters is 1. The van der Waals surface area contributed by atoms with Crippen LogP contribution in [0.4, 0.5) is 0 Å². The number of phosphoric ester groups is 1. The lowest BCUT2D eigenvalue weighted by Gasteiger charge is -2.19. The van der Waals surface area contributed by atoms with Gasteiger partial charge in [-0.3, -0.25) is 13.8 Å². The van der Waals surface area contributed by atoms with Crippen molar-refractivity contribution >= 4 is 13.8 Å². The average molecular weight is 748 g/mol. The summed E-state index contributed by atoms with van der Waals surface area (Å²) in [6.07, 6.45) is 51.3. The fraction of sp³-hybridized carbons (Fsp3) is 0.651. The van der Waals surface area contributed by atoms with E-state index in [9.17, 15) is 14.3 Å². The molecule has 0 aromatic carbocycles. The Kier molecular flexibility index (Phi) is 37.8. The molecule has 0 aliphatic rings. The molecule has 8 nitrogen and oxygen atoms in total. The van der Waals surface area contributed by atoms with Crippen LogP contribution in [0.1, 0.15) is 149 Å². The highest BCUT2D eigenvalue weighted by molar-refractivity contribution is 7.47. The molecule has 3 N–H and O–H groups in total. The van der Waals surface area contributed by atoms with Crippen LogP contribution < -0.4 is 5.73 Å². The molecule has 0 bridgehead atoms. The molecule has 0 amide bonds. The van der Waals surface area contributed by atoms with Gasteiger partial charge in [-0.05, 0) is 63.9 Å². The van der Waals surface area contributed by atoms with Gasteiger partial charge in [0.05, 0.1) is 19.5 Å². The second-order valence-electron chi connectivity index (χ2n) is 12.8. The standard InChI is InChI=1S/C43H74NO7P/c1-3-5-7-9-11-13-15-17-19-20-21-22-23-24-26-28-30-32-34-36-43(45)51-42(41-50-52(46,47)49-39-37-44)40-48-38-35-33-31-29-27-25-18-16-14-12-10-8-6-4-2/h5,7,11,13,17,19,21-22,24,26,30,32,35,38,42H,3-4,6,8-10,12,14-16,18,20,23,25,27-29,31,33-34,36-37,39-41,44H2,1-2H3,(H,46,47)/b7-5+,13-11-,19-17-,22-21-,26-24-,32-30-,38-35?. The minimum atomic E-state index is -4.31. The van der Waals surface area contributed by atoms with Crippen molar-refractivity contribution in [1.29, 1.82) is 0 Å². The Morgan fingerprint density at radius 3 is 1.60 bits per heavy atom. The maximum Gasteiger partial charge on any atom is 0.472 e. The van der Waals surface area contributed by atoms with Crippen LogP contribution in [0.25, 0.3) is 0 Å². The molecular weight excluding hydrogens is 673 g/mol. The summed E-state index contributed by atoms with van der Waals surface area (Å²) in [6, 6.07) is 0. The van der Waals surface area contributed by atoms with Gasteiger partial charge in [0, 0.05) is 13.0 Å². The zero-order valence-electron chi connectivity index (χ0n) is 32.8. The van der Waals surface area contributed by atoms with E-state index in [0.29, 0.717) is 6.42 Å². The number of hydrogen-bond acceptors (Lipinski definition) is 7. The Morgan fingerprint density at radius 1 is 0.615 bits per heavy atom. The molecule has 2 atom stereocenters. The quantitative estimate of drug-likeness (QED) is 0.0212. The van der Waals surface area contributed by atoms with Crippen LogP contribution in [0.15, 0.2) is 85.3 Å². The molecule has 0 rings (SSSR count). The summed E-state index contributed by atoms with van der Waals surface area (Å²) in [5, 5.41) is 0. The van der Waals surface area contributed by atoms with Gasteiger partial charge in [-0.15, -0.1) is 0 Å². The second kappa shape index (κ2) is 39.7. The van der Waals surface area contributed by atoms with E-state index in [1.165, 1.54) is 70.6 Å². The molecule has 0 fully saturated rings. The van der Waals surface area contributed by atoms with E-state index < -0.39 is 19.9 Å². The lowest BCUT2D eigenvalue weighted by Crippen LogP contribution is -2.27. The maximum absolute atomic E-state index is 12.5.